The predicted molar refractivity (Wildman–Crippen MR) is 133 cm³/mol. The molecule has 0 aliphatic carbocycles. The van der Waals surface area contributed by atoms with Gasteiger partial charge < -0.3 is 14.2 Å². The number of benzene rings is 4. The molecule has 4 aromatic rings. The van der Waals surface area contributed by atoms with Gasteiger partial charge in [0.15, 0.2) is 0 Å². The lowest BCUT2D eigenvalue weighted by Crippen LogP contribution is -2.38. The van der Waals surface area contributed by atoms with Gasteiger partial charge in [-0.2, -0.15) is 0 Å². The van der Waals surface area contributed by atoms with E-state index in [1.807, 2.05) is 60.7 Å². The van der Waals surface area contributed by atoms with E-state index < -0.39 is 5.97 Å². The molecule has 1 spiro atoms. The van der Waals surface area contributed by atoms with Crippen LogP contribution >= 0.6 is 0 Å². The van der Waals surface area contributed by atoms with Crippen LogP contribution in [-0.2, 0) is 14.2 Å². The highest BCUT2D eigenvalue weighted by molar-refractivity contribution is 5.62. The first-order valence-electron chi connectivity index (χ1n) is 11.8. The molecule has 4 atom stereocenters. The number of ether oxygens (including phenoxy) is 3. The van der Waals surface area contributed by atoms with Crippen molar-refractivity contribution in [2.24, 2.45) is 0 Å². The molecule has 0 amide bonds. The quantitative estimate of drug-likeness (QED) is 0.327. The van der Waals surface area contributed by atoms with Crippen molar-refractivity contribution in [1.82, 2.24) is 0 Å². The van der Waals surface area contributed by atoms with E-state index in [-0.39, 0.29) is 18.1 Å². The molecule has 0 radical (unpaired) electrons. The molecule has 168 valence electrons. The maximum absolute atomic E-state index is 6.76. The van der Waals surface area contributed by atoms with Gasteiger partial charge in [-0.1, -0.05) is 121 Å². The van der Waals surface area contributed by atoms with Crippen molar-refractivity contribution < 1.29 is 14.2 Å². The van der Waals surface area contributed by atoms with Gasteiger partial charge in [-0.15, -0.1) is 0 Å². The normalized spacial score (nSPS) is 26.1. The summed E-state index contributed by atoms with van der Waals surface area (Å²) in [5.41, 5.74) is 4.37. The first kappa shape index (κ1) is 20.9. The minimum absolute atomic E-state index is 0.0936. The van der Waals surface area contributed by atoms with Gasteiger partial charge >= 0.3 is 5.97 Å². The van der Waals surface area contributed by atoms with Crippen molar-refractivity contribution in [3.63, 3.8) is 0 Å². The third-order valence-corrected chi connectivity index (χ3v) is 6.52. The number of hydrogen-bond donors (Lipinski definition) is 0. The molecule has 0 aromatic heterocycles. The van der Waals surface area contributed by atoms with Gasteiger partial charge in [0.1, 0.15) is 18.0 Å². The molecule has 2 aliphatic heterocycles. The van der Waals surface area contributed by atoms with Crippen LogP contribution in [0.15, 0.2) is 127 Å². The molecule has 3 nitrogen and oxygen atoms in total. The van der Waals surface area contributed by atoms with Crippen molar-refractivity contribution in [3.05, 3.63) is 150 Å². The van der Waals surface area contributed by atoms with Crippen molar-refractivity contribution in [1.29, 1.82) is 0 Å². The fourth-order valence-corrected chi connectivity index (χ4v) is 4.88. The zero-order valence-corrected chi connectivity index (χ0v) is 18.8. The predicted octanol–water partition coefficient (Wildman–Crippen LogP) is 7.41. The fraction of sp³-hybridized carbons (Fsp3) is 0.161. The van der Waals surface area contributed by atoms with E-state index in [2.05, 4.69) is 66.7 Å². The Kier molecular flexibility index (Phi) is 5.50. The van der Waals surface area contributed by atoms with Gasteiger partial charge in [0.25, 0.3) is 0 Å². The zero-order chi connectivity index (χ0) is 22.8. The van der Waals surface area contributed by atoms with Gasteiger partial charge in [-0.05, 0) is 22.8 Å². The van der Waals surface area contributed by atoms with E-state index in [0.717, 1.165) is 22.4 Å². The molecule has 2 unspecified atom stereocenters. The summed E-state index contributed by atoms with van der Waals surface area (Å²) in [6, 6.07) is 41.2. The topological polar surface area (TPSA) is 27.7 Å². The Balaban J connectivity index is 1.43. The Labute approximate surface area is 200 Å². The largest absolute Gasteiger partial charge is 0.439 e. The van der Waals surface area contributed by atoms with Gasteiger partial charge in [0.05, 0.1) is 6.42 Å². The number of allylic oxidation sites excluding steroid dienone is 1. The lowest BCUT2D eigenvalue weighted by molar-refractivity contribution is -0.321. The zero-order valence-electron chi connectivity index (χ0n) is 18.8. The monoisotopic (exact) mass is 446 g/mol. The SMILES string of the molecule is C1=C(c2ccccc2)OC2(CC1c1ccccc1)O[C@H](c1ccccc1)[C@H](c1ccccc1)O2. The van der Waals surface area contributed by atoms with Crippen LogP contribution in [-0.4, -0.2) is 5.97 Å². The molecular formula is C31H26O3. The van der Waals surface area contributed by atoms with E-state index in [0.29, 0.717) is 6.42 Å². The molecule has 1 fully saturated rings. The van der Waals surface area contributed by atoms with E-state index in [9.17, 15) is 0 Å². The van der Waals surface area contributed by atoms with E-state index in [4.69, 9.17) is 14.2 Å². The molecule has 0 bridgehead atoms. The van der Waals surface area contributed by atoms with E-state index in [1.54, 1.807) is 0 Å². The Bertz CT molecular complexity index is 1210. The molecule has 0 saturated carbocycles. The van der Waals surface area contributed by atoms with Crippen molar-refractivity contribution in [2.45, 2.75) is 30.5 Å². The van der Waals surface area contributed by atoms with Crippen molar-refractivity contribution >= 4 is 5.76 Å². The van der Waals surface area contributed by atoms with Crippen LogP contribution in [0.1, 0.15) is 46.8 Å². The first-order valence-corrected chi connectivity index (χ1v) is 11.8. The highest BCUT2D eigenvalue weighted by atomic mass is 16.9. The highest BCUT2D eigenvalue weighted by Crippen LogP contribution is 2.54. The second-order valence-electron chi connectivity index (χ2n) is 8.80. The summed E-state index contributed by atoms with van der Waals surface area (Å²) in [6.45, 7) is 0. The van der Waals surface area contributed by atoms with Crippen LogP contribution in [0.3, 0.4) is 0 Å². The summed E-state index contributed by atoms with van der Waals surface area (Å²) in [7, 11) is 0. The lowest BCUT2D eigenvalue weighted by Gasteiger charge is -2.36. The Hall–Kier alpha value is -3.66. The van der Waals surface area contributed by atoms with Crippen molar-refractivity contribution in [3.8, 4) is 0 Å². The third kappa shape index (κ3) is 4.05. The summed E-state index contributed by atoms with van der Waals surface area (Å²) in [6.07, 6.45) is 2.20. The minimum Gasteiger partial charge on any atom is -0.439 e. The number of hydrogen-bond acceptors (Lipinski definition) is 3. The maximum Gasteiger partial charge on any atom is 0.329 e. The van der Waals surface area contributed by atoms with Gasteiger partial charge in [-0.3, -0.25) is 0 Å². The maximum atomic E-state index is 6.76. The lowest BCUT2D eigenvalue weighted by atomic mass is 9.91. The first-order chi connectivity index (χ1) is 16.8. The van der Waals surface area contributed by atoms with E-state index in [1.165, 1.54) is 5.56 Å². The Morgan fingerprint density at radius 2 is 0.971 bits per heavy atom. The molecule has 4 aromatic carbocycles. The fourth-order valence-electron chi connectivity index (χ4n) is 4.88. The van der Waals surface area contributed by atoms with Crippen LogP contribution in [0.2, 0.25) is 0 Å². The van der Waals surface area contributed by atoms with Crippen LogP contribution in [0.4, 0.5) is 0 Å². The summed E-state index contributed by atoms with van der Waals surface area (Å²) in [5, 5.41) is 0. The average Bonchev–Trinajstić information content (AvgIpc) is 3.29. The molecule has 6 rings (SSSR count). The van der Waals surface area contributed by atoms with Gasteiger partial charge in [0.2, 0.25) is 0 Å². The summed E-state index contributed by atoms with van der Waals surface area (Å²) >= 11 is 0. The molecule has 3 heteroatoms. The van der Waals surface area contributed by atoms with Crippen LogP contribution < -0.4 is 0 Å². The summed E-state index contributed by atoms with van der Waals surface area (Å²) in [5.74, 6) is -0.320. The van der Waals surface area contributed by atoms with Crippen molar-refractivity contribution in [2.75, 3.05) is 0 Å². The Morgan fingerprint density at radius 1 is 0.529 bits per heavy atom. The molecule has 1 saturated heterocycles. The molecular weight excluding hydrogens is 420 g/mol. The second-order valence-corrected chi connectivity index (χ2v) is 8.80. The van der Waals surface area contributed by atoms with E-state index >= 15 is 0 Å². The molecule has 2 aliphatic rings. The molecule has 34 heavy (non-hydrogen) atoms. The van der Waals surface area contributed by atoms with Crippen LogP contribution in [0, 0.1) is 0 Å². The summed E-state index contributed by atoms with van der Waals surface area (Å²) in [4.78, 5) is 0. The molecule has 0 N–H and O–H groups in total. The summed E-state index contributed by atoms with van der Waals surface area (Å²) < 4.78 is 20.1. The van der Waals surface area contributed by atoms with Gasteiger partial charge in [-0.25, -0.2) is 0 Å². The Morgan fingerprint density at radius 3 is 1.47 bits per heavy atom. The highest BCUT2D eigenvalue weighted by Gasteiger charge is 2.54. The number of rotatable bonds is 4. The van der Waals surface area contributed by atoms with Crippen LogP contribution in [0.25, 0.3) is 5.76 Å². The minimum atomic E-state index is -1.19. The average molecular weight is 447 g/mol. The smallest absolute Gasteiger partial charge is 0.329 e. The second kappa shape index (κ2) is 8.94. The van der Waals surface area contributed by atoms with Gasteiger partial charge in [0, 0.05) is 11.5 Å². The molecule has 2 heterocycles. The van der Waals surface area contributed by atoms with Crippen LogP contribution in [0.5, 0.6) is 0 Å². The standard InChI is InChI=1S/C31H26O3/c1-5-13-23(14-6-1)27-21-28(24-15-7-2-8-16-24)32-31(22-27)33-29(25-17-9-3-10-18-25)30(34-31)26-19-11-4-12-20-26/h1-21,27,29-30H,22H2/t27?,29-,30+,31?. The third-order valence-electron chi connectivity index (χ3n) is 6.52.